The van der Waals surface area contributed by atoms with Crippen molar-refractivity contribution >= 4 is 22.4 Å². The standard InChI is InChI=1S/C47H80O5Si2/c1-15-25-47(49-30-31-50-47)46(28-29-46)27-24-38(48)21-18-34(2)40-22-23-41-36(17-16-26-45(40,41)10)19-20-37-32-39(51-53(11,12)43(4,5)6)33-42(35(37)3)52-54(13,14)44(7,8)9/h18-21,34,39-42H,3,15-17,22-33H2,1-2,4-14H3/b21-18+,36-19+,37-20-/t34-,39?,40-,41+,42?,45-/m1/s1. The molecule has 0 spiro atoms. The van der Waals surface area contributed by atoms with Gasteiger partial charge >= 0.3 is 0 Å². The van der Waals surface area contributed by atoms with Crippen LogP contribution in [0.1, 0.15) is 146 Å². The molecular formula is C47H80O5Si2. The topological polar surface area (TPSA) is 54.0 Å². The minimum Gasteiger partial charge on any atom is -0.413 e. The molecule has 1 saturated heterocycles. The van der Waals surface area contributed by atoms with E-state index in [0.717, 1.165) is 50.5 Å². The molecule has 5 nitrogen and oxygen atoms in total. The van der Waals surface area contributed by atoms with E-state index in [4.69, 9.17) is 24.9 Å². The van der Waals surface area contributed by atoms with Gasteiger partial charge in [0.2, 0.25) is 0 Å². The lowest BCUT2D eigenvalue weighted by Crippen LogP contribution is -2.49. The lowest BCUT2D eigenvalue weighted by Gasteiger charge is -2.45. The molecule has 6 atom stereocenters. The van der Waals surface area contributed by atoms with E-state index in [0.29, 0.717) is 37.4 Å². The quantitative estimate of drug-likeness (QED) is 0.130. The average molecular weight is 781 g/mol. The molecule has 4 saturated carbocycles. The molecule has 306 valence electrons. The predicted octanol–water partition coefficient (Wildman–Crippen LogP) is 13.1. The van der Waals surface area contributed by atoms with Crippen LogP contribution in [0.4, 0.5) is 0 Å². The summed E-state index contributed by atoms with van der Waals surface area (Å²) >= 11 is 0. The number of carbonyl (C=O) groups is 1. The molecule has 5 aliphatic rings. The molecule has 0 aromatic heterocycles. The highest BCUT2D eigenvalue weighted by Crippen LogP contribution is 2.62. The van der Waals surface area contributed by atoms with Crippen LogP contribution in [0.15, 0.2) is 47.6 Å². The van der Waals surface area contributed by atoms with Gasteiger partial charge in [0.05, 0.1) is 25.4 Å². The van der Waals surface area contributed by atoms with Crippen LogP contribution in [0.3, 0.4) is 0 Å². The third-order valence-corrected chi connectivity index (χ3v) is 24.9. The van der Waals surface area contributed by atoms with Crippen LogP contribution < -0.4 is 0 Å². The van der Waals surface area contributed by atoms with Crippen molar-refractivity contribution in [2.45, 2.75) is 200 Å². The van der Waals surface area contributed by atoms with Gasteiger partial charge in [-0.25, -0.2) is 0 Å². The number of ketones is 1. The highest BCUT2D eigenvalue weighted by atomic mass is 28.4. The molecule has 4 aliphatic carbocycles. The summed E-state index contributed by atoms with van der Waals surface area (Å²) in [7, 11) is -3.97. The fraction of sp³-hybridized carbons (Fsp3) is 0.809. The van der Waals surface area contributed by atoms with Gasteiger partial charge in [0.1, 0.15) is 0 Å². The maximum absolute atomic E-state index is 13.3. The normalized spacial score (nSPS) is 32.4. The number of carbonyl (C=O) groups excluding carboxylic acids is 1. The zero-order valence-electron chi connectivity index (χ0n) is 37.1. The summed E-state index contributed by atoms with van der Waals surface area (Å²) in [4.78, 5) is 13.3. The summed E-state index contributed by atoms with van der Waals surface area (Å²) in [5.41, 5.74) is 4.37. The molecule has 5 rings (SSSR count). The fourth-order valence-corrected chi connectivity index (χ4v) is 12.9. The van der Waals surface area contributed by atoms with Gasteiger partial charge in [0.25, 0.3) is 0 Å². The second-order valence-corrected chi connectivity index (χ2v) is 31.0. The average Bonchev–Trinajstić information content (AvgIpc) is 3.56. The van der Waals surface area contributed by atoms with Gasteiger partial charge in [0, 0.05) is 24.7 Å². The Morgan fingerprint density at radius 2 is 1.57 bits per heavy atom. The molecule has 7 heteroatoms. The lowest BCUT2D eigenvalue weighted by molar-refractivity contribution is -0.213. The summed E-state index contributed by atoms with van der Waals surface area (Å²) in [6.45, 7) is 36.7. The Hall–Kier alpha value is -1.10. The van der Waals surface area contributed by atoms with Gasteiger partial charge in [-0.05, 0) is 134 Å². The van der Waals surface area contributed by atoms with Gasteiger partial charge < -0.3 is 18.3 Å². The summed E-state index contributed by atoms with van der Waals surface area (Å²) in [5, 5.41) is 0.291. The molecular weight excluding hydrogens is 701 g/mol. The van der Waals surface area contributed by atoms with Gasteiger partial charge in [-0.15, -0.1) is 0 Å². The van der Waals surface area contributed by atoms with E-state index in [-0.39, 0.29) is 38.9 Å². The van der Waals surface area contributed by atoms with Crippen molar-refractivity contribution < 1.29 is 23.1 Å². The van der Waals surface area contributed by atoms with E-state index in [1.165, 1.54) is 37.7 Å². The second kappa shape index (κ2) is 16.3. The van der Waals surface area contributed by atoms with Gasteiger partial charge in [0.15, 0.2) is 28.2 Å². The highest BCUT2D eigenvalue weighted by molar-refractivity contribution is 6.74. The summed E-state index contributed by atoms with van der Waals surface area (Å²) in [6, 6.07) is 0. The van der Waals surface area contributed by atoms with Crippen LogP contribution in [0.25, 0.3) is 0 Å². The first-order valence-electron chi connectivity index (χ1n) is 21.9. The molecule has 0 aromatic rings. The Labute approximate surface area is 333 Å². The Balaban J connectivity index is 1.28. The smallest absolute Gasteiger partial charge is 0.192 e. The lowest BCUT2D eigenvalue weighted by atomic mass is 9.61. The first kappa shape index (κ1) is 44.0. The number of ether oxygens (including phenoxy) is 2. The maximum Gasteiger partial charge on any atom is 0.192 e. The van der Waals surface area contributed by atoms with Crippen molar-refractivity contribution in [1.82, 2.24) is 0 Å². The minimum atomic E-state index is -2.01. The Bertz CT molecular complexity index is 1450. The van der Waals surface area contributed by atoms with E-state index >= 15 is 0 Å². The Kier molecular flexibility index (Phi) is 13.3. The zero-order valence-corrected chi connectivity index (χ0v) is 39.1. The third kappa shape index (κ3) is 9.12. The van der Waals surface area contributed by atoms with E-state index in [9.17, 15) is 4.79 Å². The van der Waals surface area contributed by atoms with Crippen LogP contribution in [-0.2, 0) is 23.1 Å². The molecule has 0 radical (unpaired) electrons. The monoisotopic (exact) mass is 781 g/mol. The first-order valence-corrected chi connectivity index (χ1v) is 27.7. The van der Waals surface area contributed by atoms with Crippen LogP contribution in [0.5, 0.6) is 0 Å². The van der Waals surface area contributed by atoms with Gasteiger partial charge in [-0.3, -0.25) is 4.79 Å². The summed E-state index contributed by atoms with van der Waals surface area (Å²) < 4.78 is 26.7. The molecule has 1 aliphatic heterocycles. The van der Waals surface area contributed by atoms with Crippen LogP contribution in [-0.4, -0.2) is 53.6 Å². The van der Waals surface area contributed by atoms with E-state index in [1.807, 2.05) is 6.08 Å². The highest BCUT2D eigenvalue weighted by Gasteiger charge is 2.62. The van der Waals surface area contributed by atoms with Crippen molar-refractivity contribution in [3.8, 4) is 0 Å². The van der Waals surface area contributed by atoms with Crippen LogP contribution >= 0.6 is 0 Å². The van der Waals surface area contributed by atoms with Gasteiger partial charge in [-0.1, -0.05) is 99.1 Å². The number of hydrogen-bond donors (Lipinski definition) is 0. The van der Waals surface area contributed by atoms with Crippen molar-refractivity contribution in [2.24, 2.45) is 28.6 Å². The largest absolute Gasteiger partial charge is 0.413 e. The third-order valence-electron chi connectivity index (χ3n) is 15.8. The van der Waals surface area contributed by atoms with Crippen molar-refractivity contribution in [2.75, 3.05) is 13.2 Å². The predicted molar refractivity (Wildman–Crippen MR) is 231 cm³/mol. The molecule has 1 heterocycles. The summed E-state index contributed by atoms with van der Waals surface area (Å²) in [5.74, 6) is 1.35. The molecule has 2 unspecified atom stereocenters. The maximum atomic E-state index is 13.3. The SMILES string of the molecule is C=C1/C(=C\C=C2/CCC[C@]3(C)[C@@H]([C@H](C)/C=C/C(=O)CCC4(C5(CCC)OCCO5)CC4)CC[C@@H]23)CC(O[Si](C)(C)C(C)(C)C)CC1O[Si](C)(C)C(C)(C)C. The minimum absolute atomic E-state index is 0.00136. The first-order chi connectivity index (χ1) is 25.0. The molecule has 0 amide bonds. The van der Waals surface area contributed by atoms with Crippen LogP contribution in [0.2, 0.25) is 36.3 Å². The molecule has 5 fully saturated rings. The molecule has 0 bridgehead atoms. The molecule has 0 N–H and O–H groups in total. The zero-order chi connectivity index (χ0) is 40.0. The van der Waals surface area contributed by atoms with Crippen molar-refractivity contribution in [3.63, 3.8) is 0 Å². The number of rotatable bonds is 14. The Morgan fingerprint density at radius 1 is 0.944 bits per heavy atom. The van der Waals surface area contributed by atoms with Gasteiger partial charge in [-0.2, -0.15) is 0 Å². The van der Waals surface area contributed by atoms with Crippen molar-refractivity contribution in [3.05, 3.63) is 47.6 Å². The van der Waals surface area contributed by atoms with Crippen LogP contribution in [0, 0.1) is 28.6 Å². The number of fused-ring (bicyclic) bond motifs is 1. The number of hydrogen-bond acceptors (Lipinski definition) is 5. The van der Waals surface area contributed by atoms with E-state index < -0.39 is 22.4 Å². The fourth-order valence-electron chi connectivity index (χ4n) is 10.2. The molecule has 0 aromatic carbocycles. The second-order valence-electron chi connectivity index (χ2n) is 21.5. The van der Waals surface area contributed by atoms with E-state index in [1.54, 1.807) is 5.57 Å². The van der Waals surface area contributed by atoms with Crippen molar-refractivity contribution in [1.29, 1.82) is 0 Å². The van der Waals surface area contributed by atoms with E-state index in [2.05, 4.69) is 107 Å². The number of allylic oxidation sites excluding steroid dienone is 5. The molecule has 54 heavy (non-hydrogen) atoms. The summed E-state index contributed by atoms with van der Waals surface area (Å²) in [6.07, 6.45) is 22.8. The Morgan fingerprint density at radius 3 is 2.17 bits per heavy atom.